The number of fused-ring (bicyclic) bond motifs is 2. The normalized spacial score (nSPS) is 30.9. The van der Waals surface area contributed by atoms with Crippen LogP contribution in [0.2, 0.25) is 0 Å². The van der Waals surface area contributed by atoms with Crippen molar-refractivity contribution in [1.82, 2.24) is 10.3 Å². The fourth-order valence-corrected chi connectivity index (χ4v) is 2.96. The zero-order valence-corrected chi connectivity index (χ0v) is 9.69. The number of nitriles is 1. The maximum absolute atomic E-state index is 8.81. The summed E-state index contributed by atoms with van der Waals surface area (Å²) in [7, 11) is 0. The second-order valence-corrected chi connectivity index (χ2v) is 4.97. The minimum Gasteiger partial charge on any atom is -0.367 e. The first-order chi connectivity index (χ1) is 8.33. The number of hydrogen-bond acceptors (Lipinski definition) is 4. The number of hydrogen-bond donors (Lipinski definition) is 2. The van der Waals surface area contributed by atoms with Gasteiger partial charge in [0.25, 0.3) is 0 Å². The molecule has 17 heavy (non-hydrogen) atoms. The standard InChI is InChI=1S/C13H16N4/c14-8-11-2-1-3-13(16-11)17-12-6-9-4-5-10(7-12)15-9/h1-3,9-10,12,15H,4-7H2,(H,16,17). The zero-order chi connectivity index (χ0) is 11.7. The molecular formula is C13H16N4. The minimum absolute atomic E-state index is 0.479. The van der Waals surface area contributed by atoms with Gasteiger partial charge in [0, 0.05) is 18.1 Å². The van der Waals surface area contributed by atoms with E-state index in [1.807, 2.05) is 12.1 Å². The molecule has 0 aromatic carbocycles. The Bertz CT molecular complexity index is 439. The van der Waals surface area contributed by atoms with E-state index in [2.05, 4.69) is 21.7 Å². The van der Waals surface area contributed by atoms with E-state index in [0.29, 0.717) is 23.8 Å². The van der Waals surface area contributed by atoms with E-state index in [1.54, 1.807) is 6.07 Å². The van der Waals surface area contributed by atoms with E-state index >= 15 is 0 Å². The summed E-state index contributed by atoms with van der Waals surface area (Å²) >= 11 is 0. The highest BCUT2D eigenvalue weighted by atomic mass is 15.1. The SMILES string of the molecule is N#Cc1cccc(NC2CC3CCC(C2)N3)n1. The van der Waals surface area contributed by atoms with Gasteiger partial charge in [-0.3, -0.25) is 0 Å². The smallest absolute Gasteiger partial charge is 0.142 e. The molecule has 4 heteroatoms. The Morgan fingerprint density at radius 1 is 1.29 bits per heavy atom. The molecule has 2 fully saturated rings. The predicted octanol–water partition coefficient (Wildman–Crippen LogP) is 1.65. The predicted molar refractivity (Wildman–Crippen MR) is 65.5 cm³/mol. The summed E-state index contributed by atoms with van der Waals surface area (Å²) in [6.45, 7) is 0. The van der Waals surface area contributed by atoms with E-state index < -0.39 is 0 Å². The number of nitrogens with zero attached hydrogens (tertiary/aromatic N) is 2. The fourth-order valence-electron chi connectivity index (χ4n) is 2.96. The first-order valence-electron chi connectivity index (χ1n) is 6.23. The third-order valence-electron chi connectivity index (χ3n) is 3.69. The molecule has 1 aromatic heterocycles. The molecule has 4 nitrogen and oxygen atoms in total. The Balaban J connectivity index is 1.68. The summed E-state index contributed by atoms with van der Waals surface area (Å²) in [5.41, 5.74) is 0.479. The lowest BCUT2D eigenvalue weighted by Gasteiger charge is -2.30. The largest absolute Gasteiger partial charge is 0.367 e. The summed E-state index contributed by atoms with van der Waals surface area (Å²) in [6.07, 6.45) is 4.92. The average molecular weight is 228 g/mol. The second-order valence-electron chi connectivity index (χ2n) is 4.97. The van der Waals surface area contributed by atoms with Crippen LogP contribution in [0.5, 0.6) is 0 Å². The molecule has 2 atom stereocenters. The van der Waals surface area contributed by atoms with Gasteiger partial charge in [0.05, 0.1) is 0 Å². The van der Waals surface area contributed by atoms with Gasteiger partial charge in [0.2, 0.25) is 0 Å². The van der Waals surface area contributed by atoms with Crippen molar-refractivity contribution in [2.75, 3.05) is 5.32 Å². The van der Waals surface area contributed by atoms with Gasteiger partial charge in [0.15, 0.2) is 0 Å². The van der Waals surface area contributed by atoms with Crippen LogP contribution in [0, 0.1) is 11.3 Å². The average Bonchev–Trinajstić information content (AvgIpc) is 2.69. The molecule has 2 saturated heterocycles. The highest BCUT2D eigenvalue weighted by Crippen LogP contribution is 2.28. The third-order valence-corrected chi connectivity index (χ3v) is 3.69. The lowest BCUT2D eigenvalue weighted by atomic mass is 10.00. The van der Waals surface area contributed by atoms with Gasteiger partial charge in [-0.2, -0.15) is 5.26 Å². The Morgan fingerprint density at radius 3 is 2.76 bits per heavy atom. The first kappa shape index (κ1) is 10.5. The molecule has 0 radical (unpaired) electrons. The summed E-state index contributed by atoms with van der Waals surface area (Å²) in [5.74, 6) is 0.829. The van der Waals surface area contributed by atoms with Gasteiger partial charge >= 0.3 is 0 Å². The molecule has 3 rings (SSSR count). The van der Waals surface area contributed by atoms with Crippen LogP contribution in [0.3, 0.4) is 0 Å². The molecule has 0 saturated carbocycles. The number of pyridine rings is 1. The van der Waals surface area contributed by atoms with E-state index in [4.69, 9.17) is 5.26 Å². The van der Waals surface area contributed by atoms with Crippen molar-refractivity contribution in [2.24, 2.45) is 0 Å². The molecule has 2 aliphatic rings. The molecule has 0 aliphatic carbocycles. The Morgan fingerprint density at radius 2 is 2.06 bits per heavy atom. The molecular weight excluding hydrogens is 212 g/mol. The molecule has 0 spiro atoms. The Kier molecular flexibility index (Phi) is 2.69. The lowest BCUT2D eigenvalue weighted by molar-refractivity contribution is 0.377. The van der Waals surface area contributed by atoms with Crippen LogP contribution in [-0.4, -0.2) is 23.1 Å². The Hall–Kier alpha value is -1.60. The topological polar surface area (TPSA) is 60.7 Å². The van der Waals surface area contributed by atoms with Crippen molar-refractivity contribution >= 4 is 5.82 Å². The molecule has 2 bridgehead atoms. The van der Waals surface area contributed by atoms with Crippen molar-refractivity contribution < 1.29 is 0 Å². The molecule has 1 aromatic rings. The van der Waals surface area contributed by atoms with Crippen LogP contribution < -0.4 is 10.6 Å². The highest BCUT2D eigenvalue weighted by Gasteiger charge is 2.33. The van der Waals surface area contributed by atoms with Crippen molar-refractivity contribution in [3.8, 4) is 6.07 Å². The molecule has 2 aliphatic heterocycles. The monoisotopic (exact) mass is 228 g/mol. The lowest BCUT2D eigenvalue weighted by Crippen LogP contribution is -2.43. The maximum Gasteiger partial charge on any atom is 0.142 e. The van der Waals surface area contributed by atoms with Crippen LogP contribution in [-0.2, 0) is 0 Å². The Labute approximate surface area is 101 Å². The van der Waals surface area contributed by atoms with Crippen LogP contribution >= 0.6 is 0 Å². The molecule has 3 heterocycles. The van der Waals surface area contributed by atoms with E-state index in [1.165, 1.54) is 12.8 Å². The number of anilines is 1. The molecule has 2 unspecified atom stereocenters. The number of aromatic nitrogens is 1. The zero-order valence-electron chi connectivity index (χ0n) is 9.69. The van der Waals surface area contributed by atoms with Crippen molar-refractivity contribution in [3.63, 3.8) is 0 Å². The molecule has 2 N–H and O–H groups in total. The fraction of sp³-hybridized carbons (Fsp3) is 0.538. The number of piperidine rings is 1. The summed E-state index contributed by atoms with van der Waals surface area (Å²) < 4.78 is 0. The van der Waals surface area contributed by atoms with Gasteiger partial charge < -0.3 is 10.6 Å². The van der Waals surface area contributed by atoms with Crippen LogP contribution in [0.4, 0.5) is 5.82 Å². The number of rotatable bonds is 2. The van der Waals surface area contributed by atoms with Gasteiger partial charge in [0.1, 0.15) is 17.6 Å². The van der Waals surface area contributed by atoms with E-state index in [0.717, 1.165) is 18.7 Å². The molecule has 88 valence electrons. The summed E-state index contributed by atoms with van der Waals surface area (Å²) in [5, 5.41) is 15.9. The van der Waals surface area contributed by atoms with Crippen molar-refractivity contribution in [1.29, 1.82) is 5.26 Å². The third kappa shape index (κ3) is 2.25. The minimum atomic E-state index is 0.479. The number of nitrogens with one attached hydrogen (secondary N) is 2. The summed E-state index contributed by atoms with van der Waals surface area (Å²) in [6, 6.07) is 9.46. The van der Waals surface area contributed by atoms with Gasteiger partial charge in [-0.05, 0) is 37.8 Å². The maximum atomic E-state index is 8.81. The van der Waals surface area contributed by atoms with Gasteiger partial charge in [-0.15, -0.1) is 0 Å². The highest BCUT2D eigenvalue weighted by molar-refractivity contribution is 5.39. The van der Waals surface area contributed by atoms with Crippen molar-refractivity contribution in [2.45, 2.75) is 43.8 Å². The quantitative estimate of drug-likeness (QED) is 0.808. The van der Waals surface area contributed by atoms with Crippen LogP contribution in [0.1, 0.15) is 31.4 Å². The van der Waals surface area contributed by atoms with Crippen LogP contribution in [0.25, 0.3) is 0 Å². The second kappa shape index (κ2) is 4.34. The first-order valence-corrected chi connectivity index (χ1v) is 6.23. The molecule has 0 amide bonds. The van der Waals surface area contributed by atoms with Gasteiger partial charge in [-0.25, -0.2) is 4.98 Å². The van der Waals surface area contributed by atoms with E-state index in [-0.39, 0.29) is 0 Å². The summed E-state index contributed by atoms with van der Waals surface area (Å²) in [4.78, 5) is 4.26. The van der Waals surface area contributed by atoms with Crippen molar-refractivity contribution in [3.05, 3.63) is 23.9 Å². The van der Waals surface area contributed by atoms with Crippen LogP contribution in [0.15, 0.2) is 18.2 Å². The van der Waals surface area contributed by atoms with Gasteiger partial charge in [-0.1, -0.05) is 6.07 Å². The van der Waals surface area contributed by atoms with E-state index in [9.17, 15) is 0 Å².